The van der Waals surface area contributed by atoms with E-state index in [9.17, 15) is 4.79 Å². The minimum atomic E-state index is -0.0520. The van der Waals surface area contributed by atoms with Gasteiger partial charge in [0.15, 0.2) is 0 Å². The van der Waals surface area contributed by atoms with E-state index in [0.29, 0.717) is 43.2 Å². The zero-order valence-electron chi connectivity index (χ0n) is 12.3. The number of aromatic nitrogens is 1. The van der Waals surface area contributed by atoms with Crippen LogP contribution < -0.4 is 0 Å². The quantitative estimate of drug-likeness (QED) is 0.789. The van der Waals surface area contributed by atoms with Gasteiger partial charge in [0.1, 0.15) is 10.3 Å². The van der Waals surface area contributed by atoms with Crippen molar-refractivity contribution in [2.45, 2.75) is 25.4 Å². The molecule has 1 amide bonds. The predicted octanol–water partition coefficient (Wildman–Crippen LogP) is 2.21. The number of rotatable bonds is 3. The third-order valence-corrected chi connectivity index (χ3v) is 4.57. The minimum absolute atomic E-state index is 0.0520. The molecule has 2 aliphatic heterocycles. The van der Waals surface area contributed by atoms with Gasteiger partial charge in [-0.1, -0.05) is 23.2 Å². The first-order valence-corrected chi connectivity index (χ1v) is 8.31. The second kappa shape index (κ2) is 7.13. The van der Waals surface area contributed by atoms with Crippen LogP contribution in [0.4, 0.5) is 0 Å². The van der Waals surface area contributed by atoms with E-state index in [1.807, 2.05) is 17.0 Å². The van der Waals surface area contributed by atoms with E-state index >= 15 is 0 Å². The molecule has 7 heteroatoms. The molecular weight excluding hydrogens is 325 g/mol. The van der Waals surface area contributed by atoms with Crippen LogP contribution in [-0.2, 0) is 16.1 Å². The highest BCUT2D eigenvalue weighted by Gasteiger charge is 2.34. The molecule has 0 bridgehead atoms. The van der Waals surface area contributed by atoms with Crippen LogP contribution in [0.2, 0.25) is 10.3 Å². The second-order valence-electron chi connectivity index (χ2n) is 5.69. The number of nitrogens with zero attached hydrogens (tertiary/aromatic N) is 3. The van der Waals surface area contributed by atoms with Crippen LogP contribution in [0.1, 0.15) is 18.4 Å². The molecule has 0 saturated carbocycles. The number of hydrogen-bond acceptors (Lipinski definition) is 4. The highest BCUT2D eigenvalue weighted by molar-refractivity contribution is 6.32. The fourth-order valence-corrected chi connectivity index (χ4v) is 3.64. The Bertz CT molecular complexity index is 529. The van der Waals surface area contributed by atoms with Crippen LogP contribution in [0.5, 0.6) is 0 Å². The number of likely N-dealkylation sites (tertiary alicyclic amines) is 1. The lowest BCUT2D eigenvalue weighted by atomic mass is 10.1. The summed E-state index contributed by atoms with van der Waals surface area (Å²) >= 11 is 11.9. The van der Waals surface area contributed by atoms with Gasteiger partial charge < -0.3 is 9.64 Å². The molecular formula is C15H19Cl2N3O2. The Morgan fingerprint density at radius 2 is 1.91 bits per heavy atom. The smallest absolute Gasteiger partial charge is 0.240 e. The lowest BCUT2D eigenvalue weighted by Crippen LogP contribution is -2.49. The number of amides is 1. The van der Waals surface area contributed by atoms with Gasteiger partial charge in [-0.25, -0.2) is 4.98 Å². The van der Waals surface area contributed by atoms with Gasteiger partial charge in [-0.15, -0.1) is 0 Å². The third kappa shape index (κ3) is 3.71. The van der Waals surface area contributed by atoms with Gasteiger partial charge in [-0.3, -0.25) is 9.69 Å². The monoisotopic (exact) mass is 343 g/mol. The van der Waals surface area contributed by atoms with Crippen molar-refractivity contribution in [3.63, 3.8) is 0 Å². The number of carbonyl (C=O) groups excluding carboxylic acids is 1. The normalized spacial score (nSPS) is 23.0. The molecule has 0 spiro atoms. The Labute approximate surface area is 140 Å². The first-order chi connectivity index (χ1) is 10.6. The lowest BCUT2D eigenvalue weighted by Gasteiger charge is -2.32. The van der Waals surface area contributed by atoms with E-state index in [4.69, 9.17) is 27.9 Å². The van der Waals surface area contributed by atoms with Crippen molar-refractivity contribution in [2.75, 3.05) is 32.8 Å². The van der Waals surface area contributed by atoms with Crippen LogP contribution in [0, 0.1) is 0 Å². The predicted molar refractivity (Wildman–Crippen MR) is 85.1 cm³/mol. The molecule has 0 radical (unpaired) electrons. The molecule has 2 saturated heterocycles. The van der Waals surface area contributed by atoms with E-state index in [1.165, 1.54) is 0 Å². The van der Waals surface area contributed by atoms with Crippen molar-refractivity contribution in [3.8, 4) is 0 Å². The Morgan fingerprint density at radius 1 is 1.23 bits per heavy atom. The molecule has 0 aliphatic carbocycles. The maximum atomic E-state index is 12.7. The Kier molecular flexibility index (Phi) is 5.18. The van der Waals surface area contributed by atoms with Crippen molar-refractivity contribution >= 4 is 29.1 Å². The standard InChI is InChI=1S/C15H19Cl2N3O2/c16-13-8-11(9-14(17)18-13)10-20-3-1-2-12(20)15(21)19-4-6-22-7-5-19/h8-9,12H,1-7,10H2/t12-/m1/s1. The zero-order chi connectivity index (χ0) is 15.5. The molecule has 1 atom stereocenters. The molecule has 5 nitrogen and oxygen atoms in total. The van der Waals surface area contributed by atoms with Gasteiger partial charge in [0.25, 0.3) is 0 Å². The number of hydrogen-bond donors (Lipinski definition) is 0. The molecule has 3 rings (SSSR count). The van der Waals surface area contributed by atoms with Crippen LogP contribution in [0.25, 0.3) is 0 Å². The topological polar surface area (TPSA) is 45.7 Å². The fraction of sp³-hybridized carbons (Fsp3) is 0.600. The minimum Gasteiger partial charge on any atom is -0.378 e. The Balaban J connectivity index is 1.68. The molecule has 2 fully saturated rings. The fourth-order valence-electron chi connectivity index (χ4n) is 3.13. The second-order valence-corrected chi connectivity index (χ2v) is 6.46. The van der Waals surface area contributed by atoms with Crippen LogP contribution in [-0.4, -0.2) is 59.6 Å². The number of pyridine rings is 1. The molecule has 2 aliphatic rings. The number of halogens is 2. The summed E-state index contributed by atoms with van der Waals surface area (Å²) in [5, 5.41) is 0.774. The third-order valence-electron chi connectivity index (χ3n) is 4.18. The summed E-state index contributed by atoms with van der Waals surface area (Å²) in [6.07, 6.45) is 1.94. The molecule has 22 heavy (non-hydrogen) atoms. The first kappa shape index (κ1) is 16.0. The number of ether oxygens (including phenoxy) is 1. The highest BCUT2D eigenvalue weighted by Crippen LogP contribution is 2.24. The van der Waals surface area contributed by atoms with Gasteiger partial charge in [-0.05, 0) is 37.1 Å². The molecule has 1 aromatic rings. The van der Waals surface area contributed by atoms with E-state index in [1.54, 1.807) is 0 Å². The largest absolute Gasteiger partial charge is 0.378 e. The lowest BCUT2D eigenvalue weighted by molar-refractivity contribution is -0.140. The Morgan fingerprint density at radius 3 is 2.59 bits per heavy atom. The highest BCUT2D eigenvalue weighted by atomic mass is 35.5. The van der Waals surface area contributed by atoms with Gasteiger partial charge in [0, 0.05) is 19.6 Å². The van der Waals surface area contributed by atoms with E-state index in [-0.39, 0.29) is 11.9 Å². The maximum absolute atomic E-state index is 12.7. The van der Waals surface area contributed by atoms with Crippen LogP contribution in [0.3, 0.4) is 0 Å². The summed E-state index contributed by atoms with van der Waals surface area (Å²) in [5.41, 5.74) is 0.992. The van der Waals surface area contributed by atoms with Crippen molar-refractivity contribution in [2.24, 2.45) is 0 Å². The first-order valence-electron chi connectivity index (χ1n) is 7.56. The summed E-state index contributed by atoms with van der Waals surface area (Å²) in [5.74, 6) is 0.215. The zero-order valence-corrected chi connectivity index (χ0v) is 13.8. The molecule has 120 valence electrons. The van der Waals surface area contributed by atoms with E-state index in [2.05, 4.69) is 9.88 Å². The van der Waals surface area contributed by atoms with Crippen molar-refractivity contribution in [1.29, 1.82) is 0 Å². The van der Waals surface area contributed by atoms with Crippen molar-refractivity contribution in [1.82, 2.24) is 14.8 Å². The molecule has 0 unspecified atom stereocenters. The molecule has 1 aromatic heterocycles. The maximum Gasteiger partial charge on any atom is 0.240 e. The van der Waals surface area contributed by atoms with E-state index in [0.717, 1.165) is 24.9 Å². The molecule has 0 N–H and O–H groups in total. The van der Waals surface area contributed by atoms with Gasteiger partial charge >= 0.3 is 0 Å². The SMILES string of the molecule is O=C([C@H]1CCCN1Cc1cc(Cl)nc(Cl)c1)N1CCOCC1. The summed E-state index contributed by atoms with van der Waals surface area (Å²) in [6, 6.07) is 3.56. The summed E-state index contributed by atoms with van der Waals surface area (Å²) in [6.45, 7) is 4.23. The molecule has 0 aromatic carbocycles. The van der Waals surface area contributed by atoms with Gasteiger partial charge in [0.05, 0.1) is 19.3 Å². The molecule has 3 heterocycles. The summed E-state index contributed by atoms with van der Waals surface area (Å²) < 4.78 is 5.32. The van der Waals surface area contributed by atoms with E-state index < -0.39 is 0 Å². The average molecular weight is 344 g/mol. The summed E-state index contributed by atoms with van der Waals surface area (Å²) in [4.78, 5) is 20.8. The van der Waals surface area contributed by atoms with Crippen LogP contribution >= 0.6 is 23.2 Å². The van der Waals surface area contributed by atoms with Crippen molar-refractivity contribution < 1.29 is 9.53 Å². The van der Waals surface area contributed by atoms with Crippen LogP contribution in [0.15, 0.2) is 12.1 Å². The number of carbonyl (C=O) groups is 1. The summed E-state index contributed by atoms with van der Waals surface area (Å²) in [7, 11) is 0. The number of morpholine rings is 1. The average Bonchev–Trinajstić information content (AvgIpc) is 2.94. The van der Waals surface area contributed by atoms with Gasteiger partial charge in [-0.2, -0.15) is 0 Å². The van der Waals surface area contributed by atoms with Gasteiger partial charge in [0.2, 0.25) is 5.91 Å². The van der Waals surface area contributed by atoms with Crippen molar-refractivity contribution in [3.05, 3.63) is 28.0 Å². The Hall–Kier alpha value is -0.880.